The van der Waals surface area contributed by atoms with Gasteiger partial charge in [0.2, 0.25) is 5.91 Å². The Balaban J connectivity index is 1.48. The van der Waals surface area contributed by atoms with Crippen LogP contribution in [-0.2, 0) is 4.79 Å². The van der Waals surface area contributed by atoms with Crippen molar-refractivity contribution in [3.63, 3.8) is 0 Å². The van der Waals surface area contributed by atoms with Crippen LogP contribution in [0, 0.1) is 5.82 Å². The summed E-state index contributed by atoms with van der Waals surface area (Å²) in [6.45, 7) is 7.49. The number of nitrogens with zero attached hydrogens (tertiary/aromatic N) is 5. The van der Waals surface area contributed by atoms with E-state index in [4.69, 9.17) is 0 Å². The molecular weight excluding hydrogens is 361 g/mol. The van der Waals surface area contributed by atoms with E-state index in [1.165, 1.54) is 12.1 Å². The molecule has 8 heteroatoms. The second kappa shape index (κ2) is 8.77. The highest BCUT2D eigenvalue weighted by Gasteiger charge is 2.31. The molecule has 0 radical (unpaired) electrons. The first-order valence-electron chi connectivity index (χ1n) is 9.86. The Kier molecular flexibility index (Phi) is 6.39. The molecular formula is C20H30FN5O2. The Hall–Kier alpha value is -2.35. The number of amides is 3. The summed E-state index contributed by atoms with van der Waals surface area (Å²) in [5.74, 6) is -0.0927. The van der Waals surface area contributed by atoms with Crippen molar-refractivity contribution in [3.05, 3.63) is 30.1 Å². The van der Waals surface area contributed by atoms with Crippen molar-refractivity contribution in [1.29, 1.82) is 0 Å². The highest BCUT2D eigenvalue weighted by Crippen LogP contribution is 2.18. The number of halogens is 1. The molecule has 1 aromatic carbocycles. The van der Waals surface area contributed by atoms with Crippen molar-refractivity contribution in [2.75, 3.05) is 71.4 Å². The molecule has 3 amide bonds. The molecule has 0 N–H and O–H groups in total. The molecule has 1 unspecified atom stereocenters. The van der Waals surface area contributed by atoms with Gasteiger partial charge in [0, 0.05) is 72.1 Å². The average Bonchev–Trinajstić information content (AvgIpc) is 2.73. The molecule has 2 aliphatic heterocycles. The Morgan fingerprint density at radius 3 is 1.96 bits per heavy atom. The van der Waals surface area contributed by atoms with Gasteiger partial charge in [-0.1, -0.05) is 0 Å². The van der Waals surface area contributed by atoms with Crippen LogP contribution in [0.2, 0.25) is 0 Å². The van der Waals surface area contributed by atoms with Crippen LogP contribution in [0.3, 0.4) is 0 Å². The van der Waals surface area contributed by atoms with Gasteiger partial charge in [-0.2, -0.15) is 0 Å². The lowest BCUT2D eigenvalue weighted by atomic mass is 10.1. The van der Waals surface area contributed by atoms with Gasteiger partial charge in [0.15, 0.2) is 0 Å². The predicted octanol–water partition coefficient (Wildman–Crippen LogP) is 1.16. The second-order valence-electron chi connectivity index (χ2n) is 7.66. The fourth-order valence-electron chi connectivity index (χ4n) is 3.84. The summed E-state index contributed by atoms with van der Waals surface area (Å²) in [5, 5.41) is 0. The molecule has 0 saturated carbocycles. The quantitative estimate of drug-likeness (QED) is 0.776. The first kappa shape index (κ1) is 20.4. The minimum Gasteiger partial charge on any atom is -0.368 e. The van der Waals surface area contributed by atoms with E-state index in [2.05, 4.69) is 9.80 Å². The first-order chi connectivity index (χ1) is 13.4. The summed E-state index contributed by atoms with van der Waals surface area (Å²) in [5.41, 5.74) is 0.989. The first-order valence-corrected chi connectivity index (χ1v) is 9.86. The number of carbonyl (C=O) groups excluding carboxylic acids is 2. The standard InChI is InChI=1S/C20H30FN5O2/c1-16(23-8-14-26(15-9-23)20(28)22(2)3)19(27)25-12-10-24(11-13-25)18-6-4-17(21)5-7-18/h4-7,16H,8-15H2,1-3H3. The number of hydrogen-bond acceptors (Lipinski definition) is 4. The van der Waals surface area contributed by atoms with E-state index in [1.54, 1.807) is 31.1 Å². The third kappa shape index (κ3) is 4.55. The molecule has 1 aromatic rings. The molecule has 2 saturated heterocycles. The van der Waals surface area contributed by atoms with Gasteiger partial charge in [0.25, 0.3) is 0 Å². The van der Waals surface area contributed by atoms with E-state index in [0.717, 1.165) is 18.8 Å². The van der Waals surface area contributed by atoms with Gasteiger partial charge in [-0.3, -0.25) is 9.69 Å². The van der Waals surface area contributed by atoms with E-state index in [-0.39, 0.29) is 23.8 Å². The lowest BCUT2D eigenvalue weighted by molar-refractivity contribution is -0.137. The van der Waals surface area contributed by atoms with E-state index >= 15 is 0 Å². The van der Waals surface area contributed by atoms with Gasteiger partial charge >= 0.3 is 6.03 Å². The molecule has 0 aromatic heterocycles. The lowest BCUT2D eigenvalue weighted by Gasteiger charge is -2.41. The molecule has 1 atom stereocenters. The van der Waals surface area contributed by atoms with Crippen LogP contribution in [0.1, 0.15) is 6.92 Å². The fraction of sp³-hybridized carbons (Fsp3) is 0.600. The minimum absolute atomic E-state index is 0.0237. The predicted molar refractivity (Wildman–Crippen MR) is 107 cm³/mol. The van der Waals surface area contributed by atoms with E-state index in [9.17, 15) is 14.0 Å². The highest BCUT2D eigenvalue weighted by molar-refractivity contribution is 5.82. The lowest BCUT2D eigenvalue weighted by Crippen LogP contribution is -2.58. The third-order valence-corrected chi connectivity index (χ3v) is 5.66. The third-order valence-electron chi connectivity index (χ3n) is 5.66. The number of carbonyl (C=O) groups is 2. The molecule has 154 valence electrons. The Morgan fingerprint density at radius 2 is 1.43 bits per heavy atom. The van der Waals surface area contributed by atoms with Crippen LogP contribution < -0.4 is 4.90 Å². The summed E-state index contributed by atoms with van der Waals surface area (Å²) in [4.78, 5) is 34.7. The fourth-order valence-corrected chi connectivity index (χ4v) is 3.84. The molecule has 3 rings (SSSR count). The zero-order chi connectivity index (χ0) is 20.3. The van der Waals surface area contributed by atoms with Crippen LogP contribution in [0.15, 0.2) is 24.3 Å². The van der Waals surface area contributed by atoms with Crippen molar-refractivity contribution in [1.82, 2.24) is 19.6 Å². The zero-order valence-corrected chi connectivity index (χ0v) is 17.0. The molecule has 28 heavy (non-hydrogen) atoms. The Labute approximate surface area is 166 Å². The summed E-state index contributed by atoms with van der Waals surface area (Å²) < 4.78 is 13.1. The van der Waals surface area contributed by atoms with Gasteiger partial charge in [-0.15, -0.1) is 0 Å². The van der Waals surface area contributed by atoms with Gasteiger partial charge in [-0.25, -0.2) is 9.18 Å². The molecule has 2 fully saturated rings. The number of benzene rings is 1. The number of hydrogen-bond donors (Lipinski definition) is 0. The van der Waals surface area contributed by atoms with Crippen molar-refractivity contribution < 1.29 is 14.0 Å². The summed E-state index contributed by atoms with van der Waals surface area (Å²) in [7, 11) is 3.51. The molecule has 2 heterocycles. The second-order valence-corrected chi connectivity index (χ2v) is 7.66. The Morgan fingerprint density at radius 1 is 0.893 bits per heavy atom. The van der Waals surface area contributed by atoms with Crippen LogP contribution in [0.25, 0.3) is 0 Å². The van der Waals surface area contributed by atoms with Gasteiger partial charge in [0.1, 0.15) is 5.82 Å². The van der Waals surface area contributed by atoms with Crippen molar-refractivity contribution >= 4 is 17.6 Å². The highest BCUT2D eigenvalue weighted by atomic mass is 19.1. The minimum atomic E-state index is -0.237. The molecule has 0 spiro atoms. The summed E-state index contributed by atoms with van der Waals surface area (Å²) >= 11 is 0. The molecule has 0 bridgehead atoms. The smallest absolute Gasteiger partial charge is 0.319 e. The average molecular weight is 391 g/mol. The maximum absolute atomic E-state index is 13.1. The van der Waals surface area contributed by atoms with Crippen molar-refractivity contribution in [3.8, 4) is 0 Å². The SMILES string of the molecule is CC(C(=O)N1CCN(c2ccc(F)cc2)CC1)N1CCN(C(=O)N(C)C)CC1. The molecule has 2 aliphatic rings. The van der Waals surface area contributed by atoms with E-state index in [0.29, 0.717) is 39.3 Å². The van der Waals surface area contributed by atoms with Gasteiger partial charge in [0.05, 0.1) is 6.04 Å². The van der Waals surface area contributed by atoms with Gasteiger partial charge in [-0.05, 0) is 31.2 Å². The van der Waals surface area contributed by atoms with E-state index < -0.39 is 0 Å². The normalized spacial score (nSPS) is 19.5. The van der Waals surface area contributed by atoms with Crippen molar-refractivity contribution in [2.24, 2.45) is 0 Å². The number of anilines is 1. The number of rotatable bonds is 3. The maximum Gasteiger partial charge on any atom is 0.319 e. The Bertz CT molecular complexity index is 680. The monoisotopic (exact) mass is 391 g/mol. The largest absolute Gasteiger partial charge is 0.368 e. The summed E-state index contributed by atoms with van der Waals surface area (Å²) in [6.07, 6.45) is 0. The number of urea groups is 1. The van der Waals surface area contributed by atoms with Crippen LogP contribution in [0.4, 0.5) is 14.9 Å². The van der Waals surface area contributed by atoms with Crippen LogP contribution in [0.5, 0.6) is 0 Å². The van der Waals surface area contributed by atoms with Crippen LogP contribution in [-0.4, -0.2) is 104 Å². The molecule has 0 aliphatic carbocycles. The van der Waals surface area contributed by atoms with Crippen molar-refractivity contribution in [2.45, 2.75) is 13.0 Å². The van der Waals surface area contributed by atoms with E-state index in [1.807, 2.05) is 16.7 Å². The molecule has 7 nitrogen and oxygen atoms in total. The maximum atomic E-state index is 13.1. The number of piperazine rings is 2. The summed E-state index contributed by atoms with van der Waals surface area (Å²) in [6, 6.07) is 6.34. The van der Waals surface area contributed by atoms with Gasteiger partial charge < -0.3 is 19.6 Å². The zero-order valence-electron chi connectivity index (χ0n) is 17.0. The topological polar surface area (TPSA) is 50.3 Å². The van der Waals surface area contributed by atoms with Crippen LogP contribution >= 0.6 is 0 Å².